The minimum absolute atomic E-state index is 0.337. The van der Waals surface area contributed by atoms with Gasteiger partial charge in [0.15, 0.2) is 0 Å². The smallest absolute Gasteiger partial charge is 0.120 e. The molecule has 0 bridgehead atoms. The van der Waals surface area contributed by atoms with E-state index in [1.807, 2.05) is 24.3 Å². The van der Waals surface area contributed by atoms with Crippen molar-refractivity contribution in [3.8, 4) is 5.75 Å². The van der Waals surface area contributed by atoms with Crippen LogP contribution in [0.1, 0.15) is 19.8 Å². The van der Waals surface area contributed by atoms with Crippen LogP contribution in [0.3, 0.4) is 0 Å². The van der Waals surface area contributed by atoms with Gasteiger partial charge in [-0.25, -0.2) is 0 Å². The lowest BCUT2D eigenvalue weighted by molar-refractivity contribution is 0.0310. The van der Waals surface area contributed by atoms with Crippen LogP contribution in [0.15, 0.2) is 24.3 Å². The number of benzene rings is 1. The van der Waals surface area contributed by atoms with E-state index in [-0.39, 0.29) is 0 Å². The molecular weight excluding hydrogens is 262 g/mol. The first kappa shape index (κ1) is 14.6. The first-order valence-electron chi connectivity index (χ1n) is 6.99. The molecule has 2 unspecified atom stereocenters. The fourth-order valence-electron chi connectivity index (χ4n) is 2.45. The van der Waals surface area contributed by atoms with Crippen molar-refractivity contribution in [1.29, 1.82) is 0 Å². The Balaban J connectivity index is 1.89. The Morgan fingerprint density at radius 1 is 1.53 bits per heavy atom. The molecular formula is C15H22ClNO2. The number of halogens is 1. The summed E-state index contributed by atoms with van der Waals surface area (Å²) in [5.74, 6) is 1.36. The van der Waals surface area contributed by atoms with E-state index in [0.29, 0.717) is 23.6 Å². The fourth-order valence-corrected chi connectivity index (χ4v) is 2.63. The zero-order valence-electron chi connectivity index (χ0n) is 11.4. The Morgan fingerprint density at radius 2 is 2.42 bits per heavy atom. The molecule has 19 heavy (non-hydrogen) atoms. The van der Waals surface area contributed by atoms with Crippen molar-refractivity contribution in [2.45, 2.75) is 25.8 Å². The molecule has 1 N–H and O–H groups in total. The summed E-state index contributed by atoms with van der Waals surface area (Å²) in [6.07, 6.45) is 2.35. The van der Waals surface area contributed by atoms with Crippen molar-refractivity contribution >= 4 is 11.6 Å². The predicted molar refractivity (Wildman–Crippen MR) is 78.0 cm³/mol. The van der Waals surface area contributed by atoms with Crippen LogP contribution in [0, 0.1) is 5.92 Å². The largest absolute Gasteiger partial charge is 0.492 e. The molecule has 4 heteroatoms. The number of rotatable bonds is 6. The Labute approximate surface area is 120 Å². The van der Waals surface area contributed by atoms with E-state index in [2.05, 4.69) is 12.2 Å². The van der Waals surface area contributed by atoms with Crippen molar-refractivity contribution in [3.05, 3.63) is 29.3 Å². The zero-order chi connectivity index (χ0) is 13.5. The Morgan fingerprint density at radius 3 is 3.11 bits per heavy atom. The topological polar surface area (TPSA) is 30.5 Å². The minimum atomic E-state index is 0.337. The number of likely N-dealkylation sites (N-methyl/N-ethyl adjacent to an activating group) is 1. The van der Waals surface area contributed by atoms with Crippen molar-refractivity contribution in [3.63, 3.8) is 0 Å². The van der Waals surface area contributed by atoms with Gasteiger partial charge >= 0.3 is 0 Å². The molecule has 1 saturated heterocycles. The average Bonchev–Trinajstić information content (AvgIpc) is 2.44. The van der Waals surface area contributed by atoms with Gasteiger partial charge in [0, 0.05) is 23.6 Å². The molecule has 0 aliphatic carbocycles. The van der Waals surface area contributed by atoms with Gasteiger partial charge in [-0.3, -0.25) is 0 Å². The Hall–Kier alpha value is -0.770. The van der Waals surface area contributed by atoms with Gasteiger partial charge in [0.05, 0.1) is 6.61 Å². The van der Waals surface area contributed by atoms with Crippen LogP contribution in [0.2, 0.25) is 5.02 Å². The van der Waals surface area contributed by atoms with Crippen LogP contribution >= 0.6 is 11.6 Å². The van der Waals surface area contributed by atoms with Gasteiger partial charge in [0.2, 0.25) is 0 Å². The fraction of sp³-hybridized carbons (Fsp3) is 0.600. The molecule has 1 aliphatic heterocycles. The van der Waals surface area contributed by atoms with Gasteiger partial charge < -0.3 is 14.8 Å². The summed E-state index contributed by atoms with van der Waals surface area (Å²) in [6, 6.07) is 7.88. The highest BCUT2D eigenvalue weighted by molar-refractivity contribution is 6.30. The molecule has 0 saturated carbocycles. The van der Waals surface area contributed by atoms with E-state index in [1.54, 1.807) is 0 Å². The standard InChI is InChI=1S/C15H22ClNO2/c1-2-17-15(12-5-4-8-18-10-12)11-19-14-7-3-6-13(16)9-14/h3,6-7,9,12,15,17H,2,4-5,8,10-11H2,1H3. The highest BCUT2D eigenvalue weighted by Crippen LogP contribution is 2.21. The van der Waals surface area contributed by atoms with E-state index in [4.69, 9.17) is 21.1 Å². The summed E-state index contributed by atoms with van der Waals surface area (Å²) >= 11 is 5.95. The van der Waals surface area contributed by atoms with Crippen molar-refractivity contribution < 1.29 is 9.47 Å². The lowest BCUT2D eigenvalue weighted by Gasteiger charge is -2.30. The average molecular weight is 284 g/mol. The Bertz CT molecular complexity index is 380. The molecule has 106 valence electrons. The van der Waals surface area contributed by atoms with E-state index in [0.717, 1.165) is 31.9 Å². The normalized spacial score (nSPS) is 21.1. The second-order valence-electron chi connectivity index (χ2n) is 4.91. The molecule has 1 aliphatic rings. The molecule has 0 aromatic heterocycles. The quantitative estimate of drug-likeness (QED) is 0.870. The summed E-state index contributed by atoms with van der Waals surface area (Å²) < 4.78 is 11.4. The van der Waals surface area contributed by atoms with Crippen molar-refractivity contribution in [2.75, 3.05) is 26.4 Å². The lowest BCUT2D eigenvalue weighted by atomic mass is 9.94. The lowest BCUT2D eigenvalue weighted by Crippen LogP contribution is -2.44. The first-order chi connectivity index (χ1) is 9.29. The number of hydrogen-bond acceptors (Lipinski definition) is 3. The van der Waals surface area contributed by atoms with Crippen LogP contribution in [0.4, 0.5) is 0 Å². The third-order valence-electron chi connectivity index (χ3n) is 3.46. The van der Waals surface area contributed by atoms with Crippen LogP contribution in [-0.2, 0) is 4.74 Å². The summed E-state index contributed by atoms with van der Waals surface area (Å²) in [5, 5.41) is 4.21. The van der Waals surface area contributed by atoms with E-state index in [1.165, 1.54) is 6.42 Å². The zero-order valence-corrected chi connectivity index (χ0v) is 12.2. The second-order valence-corrected chi connectivity index (χ2v) is 5.35. The maximum absolute atomic E-state index is 5.95. The molecule has 1 aromatic carbocycles. The van der Waals surface area contributed by atoms with E-state index >= 15 is 0 Å². The van der Waals surface area contributed by atoms with Gasteiger partial charge in [0.25, 0.3) is 0 Å². The number of ether oxygens (including phenoxy) is 2. The molecule has 3 nitrogen and oxygen atoms in total. The van der Waals surface area contributed by atoms with E-state index in [9.17, 15) is 0 Å². The number of nitrogens with one attached hydrogen (secondary N) is 1. The summed E-state index contributed by atoms with van der Waals surface area (Å²) in [7, 11) is 0. The first-order valence-corrected chi connectivity index (χ1v) is 7.37. The summed E-state index contributed by atoms with van der Waals surface area (Å²) in [6.45, 7) is 5.44. The second kappa shape index (κ2) is 7.73. The summed E-state index contributed by atoms with van der Waals surface area (Å²) in [5.41, 5.74) is 0. The third kappa shape index (κ3) is 4.68. The van der Waals surface area contributed by atoms with Gasteiger partial charge in [-0.1, -0.05) is 24.6 Å². The molecule has 1 aromatic rings. The number of hydrogen-bond donors (Lipinski definition) is 1. The van der Waals surface area contributed by atoms with Crippen LogP contribution in [-0.4, -0.2) is 32.4 Å². The molecule has 0 radical (unpaired) electrons. The molecule has 0 amide bonds. The monoisotopic (exact) mass is 283 g/mol. The van der Waals surface area contributed by atoms with Gasteiger partial charge in [-0.2, -0.15) is 0 Å². The predicted octanol–water partition coefficient (Wildman–Crippen LogP) is 3.12. The van der Waals surface area contributed by atoms with E-state index < -0.39 is 0 Å². The van der Waals surface area contributed by atoms with Gasteiger partial charge in [-0.15, -0.1) is 0 Å². The SMILES string of the molecule is CCNC(COc1cccc(Cl)c1)C1CCCOC1. The third-order valence-corrected chi connectivity index (χ3v) is 3.69. The highest BCUT2D eigenvalue weighted by Gasteiger charge is 2.24. The minimum Gasteiger partial charge on any atom is -0.492 e. The highest BCUT2D eigenvalue weighted by atomic mass is 35.5. The van der Waals surface area contributed by atoms with Gasteiger partial charge in [0.1, 0.15) is 12.4 Å². The molecule has 2 atom stereocenters. The molecule has 1 fully saturated rings. The van der Waals surface area contributed by atoms with Gasteiger partial charge in [-0.05, 0) is 37.6 Å². The molecule has 2 rings (SSSR count). The summed E-state index contributed by atoms with van der Waals surface area (Å²) in [4.78, 5) is 0. The Kier molecular flexibility index (Phi) is 5.95. The maximum atomic E-state index is 5.95. The van der Waals surface area contributed by atoms with Crippen LogP contribution in [0.5, 0.6) is 5.75 Å². The van der Waals surface area contributed by atoms with Crippen molar-refractivity contribution in [2.24, 2.45) is 5.92 Å². The van der Waals surface area contributed by atoms with Crippen LogP contribution < -0.4 is 10.1 Å². The molecule has 1 heterocycles. The van der Waals surface area contributed by atoms with Crippen LogP contribution in [0.25, 0.3) is 0 Å². The maximum Gasteiger partial charge on any atom is 0.120 e. The van der Waals surface area contributed by atoms with Crippen molar-refractivity contribution in [1.82, 2.24) is 5.32 Å². The molecule has 0 spiro atoms.